The molecule has 5 rings (SSSR count). The van der Waals surface area contributed by atoms with Gasteiger partial charge >= 0.3 is 6.18 Å². The van der Waals surface area contributed by atoms with Gasteiger partial charge < -0.3 is 10.4 Å². The number of halogens is 3. The van der Waals surface area contributed by atoms with Gasteiger partial charge in [-0.2, -0.15) is 13.2 Å². The third kappa shape index (κ3) is 6.61. The summed E-state index contributed by atoms with van der Waals surface area (Å²) < 4.78 is 43.8. The van der Waals surface area contributed by atoms with Crippen LogP contribution in [0.4, 0.5) is 19.0 Å². The molecule has 44 heavy (non-hydrogen) atoms. The molecule has 0 aliphatic heterocycles. The molecule has 6 heteroatoms. The smallest absolute Gasteiger partial charge is 0.388 e. The summed E-state index contributed by atoms with van der Waals surface area (Å²) in [6.07, 6.45) is -0.368. The minimum absolute atomic E-state index is 0.0102. The third-order valence-corrected chi connectivity index (χ3v) is 9.00. The quantitative estimate of drug-likeness (QED) is 0.191. The van der Waals surface area contributed by atoms with E-state index in [1.165, 1.54) is 17.7 Å². The first kappa shape index (κ1) is 31.5. The number of aliphatic hydroxyl groups is 1. The van der Waals surface area contributed by atoms with Crippen molar-refractivity contribution in [2.45, 2.75) is 77.5 Å². The zero-order valence-electron chi connectivity index (χ0n) is 25.7. The predicted octanol–water partition coefficient (Wildman–Crippen LogP) is 10.8. The van der Waals surface area contributed by atoms with E-state index in [0.29, 0.717) is 41.4 Å². The highest BCUT2D eigenvalue weighted by Gasteiger charge is 2.37. The number of aromatic nitrogens is 1. The van der Waals surface area contributed by atoms with Crippen LogP contribution in [0.25, 0.3) is 28.1 Å². The highest BCUT2D eigenvalue weighted by atomic mass is 19.4. The number of alkyl halides is 3. The van der Waals surface area contributed by atoms with E-state index in [1.807, 2.05) is 61.5 Å². The molecule has 0 amide bonds. The van der Waals surface area contributed by atoms with E-state index in [1.54, 1.807) is 6.07 Å². The number of aliphatic hydroxyl groups excluding tert-OH is 1. The molecule has 1 heterocycles. The van der Waals surface area contributed by atoms with Crippen molar-refractivity contribution in [3.8, 4) is 22.4 Å². The Hall–Kier alpha value is -3.90. The Morgan fingerprint density at radius 1 is 0.977 bits per heavy atom. The van der Waals surface area contributed by atoms with Crippen molar-refractivity contribution in [2.75, 3.05) is 5.32 Å². The maximum absolute atomic E-state index is 14.6. The molecule has 0 saturated heterocycles. The Labute approximate surface area is 258 Å². The van der Waals surface area contributed by atoms with Gasteiger partial charge in [-0.15, -0.1) is 0 Å². The first-order valence-electron chi connectivity index (χ1n) is 15.7. The molecule has 1 aromatic heterocycles. The average Bonchev–Trinajstić information content (AvgIpc) is 3.03. The van der Waals surface area contributed by atoms with Crippen LogP contribution in [0, 0.1) is 5.92 Å². The molecular formula is C38H41F3N2O. The van der Waals surface area contributed by atoms with E-state index in [-0.39, 0.29) is 17.2 Å². The molecule has 2 N–H and O–H groups in total. The number of rotatable bonds is 10. The van der Waals surface area contributed by atoms with Crippen LogP contribution in [0.15, 0.2) is 85.4 Å². The van der Waals surface area contributed by atoms with Crippen LogP contribution in [0.5, 0.6) is 0 Å². The lowest BCUT2D eigenvalue weighted by Gasteiger charge is -2.31. The Kier molecular flexibility index (Phi) is 9.59. The summed E-state index contributed by atoms with van der Waals surface area (Å²) in [5.74, 6) is 0.788. The SMILES string of the molecule is C=C(Nc1cc(-c2ccccc2)cc(-c2cc3c(cc2C(F)(F)F)CCC(CC)C3O)n1)c1ccccc1C(CC)CCC. The Bertz CT molecular complexity index is 1610. The van der Waals surface area contributed by atoms with Crippen LogP contribution in [-0.2, 0) is 12.6 Å². The van der Waals surface area contributed by atoms with Crippen molar-refractivity contribution in [3.63, 3.8) is 0 Å². The fourth-order valence-corrected chi connectivity index (χ4v) is 6.59. The van der Waals surface area contributed by atoms with Gasteiger partial charge in [-0.1, -0.05) is 94.8 Å². The number of benzene rings is 3. The number of hydrogen-bond acceptors (Lipinski definition) is 3. The van der Waals surface area contributed by atoms with Crippen molar-refractivity contribution in [1.29, 1.82) is 0 Å². The van der Waals surface area contributed by atoms with Gasteiger partial charge in [0, 0.05) is 16.8 Å². The topological polar surface area (TPSA) is 45.1 Å². The van der Waals surface area contributed by atoms with E-state index >= 15 is 0 Å². The monoisotopic (exact) mass is 598 g/mol. The lowest BCUT2D eigenvalue weighted by molar-refractivity contribution is -0.137. The first-order valence-corrected chi connectivity index (χ1v) is 15.7. The van der Waals surface area contributed by atoms with E-state index in [4.69, 9.17) is 4.98 Å². The minimum atomic E-state index is -4.59. The Balaban J connectivity index is 1.65. The van der Waals surface area contributed by atoms with Crippen molar-refractivity contribution in [2.24, 2.45) is 5.92 Å². The fourth-order valence-electron chi connectivity index (χ4n) is 6.59. The van der Waals surface area contributed by atoms with Crippen molar-refractivity contribution in [3.05, 3.63) is 113 Å². The van der Waals surface area contributed by atoms with Gasteiger partial charge in [-0.3, -0.25) is 0 Å². The molecule has 3 unspecified atom stereocenters. The summed E-state index contributed by atoms with van der Waals surface area (Å²) in [7, 11) is 0. The second kappa shape index (κ2) is 13.4. The normalized spacial score (nSPS) is 17.2. The average molecular weight is 599 g/mol. The molecule has 1 aliphatic carbocycles. The Morgan fingerprint density at radius 3 is 2.39 bits per heavy atom. The largest absolute Gasteiger partial charge is 0.417 e. The zero-order chi connectivity index (χ0) is 31.4. The first-order chi connectivity index (χ1) is 21.1. The van der Waals surface area contributed by atoms with Crippen LogP contribution in [0.2, 0.25) is 0 Å². The lowest BCUT2D eigenvalue weighted by atomic mass is 9.78. The van der Waals surface area contributed by atoms with Crippen LogP contribution in [-0.4, -0.2) is 10.1 Å². The summed E-state index contributed by atoms with van der Waals surface area (Å²) >= 11 is 0. The van der Waals surface area contributed by atoms with Gasteiger partial charge in [0.05, 0.1) is 17.4 Å². The highest BCUT2D eigenvalue weighted by molar-refractivity contribution is 5.81. The number of aryl methyl sites for hydroxylation is 1. The summed E-state index contributed by atoms with van der Waals surface area (Å²) in [5.41, 5.74) is 4.93. The van der Waals surface area contributed by atoms with Crippen molar-refractivity contribution in [1.82, 2.24) is 4.98 Å². The number of fused-ring (bicyclic) bond motifs is 1. The number of pyridine rings is 1. The third-order valence-electron chi connectivity index (χ3n) is 9.00. The van der Waals surface area contributed by atoms with Crippen molar-refractivity contribution >= 4 is 11.5 Å². The molecular weight excluding hydrogens is 557 g/mol. The van der Waals surface area contributed by atoms with Crippen LogP contribution in [0.3, 0.4) is 0 Å². The summed E-state index contributed by atoms with van der Waals surface area (Å²) in [6, 6.07) is 24.0. The molecule has 0 fully saturated rings. The lowest BCUT2D eigenvalue weighted by Crippen LogP contribution is -2.21. The maximum atomic E-state index is 14.6. The number of hydrogen-bond donors (Lipinski definition) is 2. The minimum Gasteiger partial charge on any atom is -0.388 e. The second-order valence-corrected chi connectivity index (χ2v) is 11.8. The van der Waals surface area contributed by atoms with E-state index < -0.39 is 17.8 Å². The molecule has 0 saturated carbocycles. The fraction of sp³-hybridized carbons (Fsp3) is 0.342. The van der Waals surface area contributed by atoms with Crippen LogP contribution >= 0.6 is 0 Å². The van der Waals surface area contributed by atoms with E-state index in [2.05, 4.69) is 31.8 Å². The maximum Gasteiger partial charge on any atom is 0.417 e. The van der Waals surface area contributed by atoms with Gasteiger partial charge in [0.25, 0.3) is 0 Å². The molecule has 3 atom stereocenters. The van der Waals surface area contributed by atoms with Gasteiger partial charge in [-0.25, -0.2) is 4.98 Å². The van der Waals surface area contributed by atoms with E-state index in [0.717, 1.165) is 42.4 Å². The molecule has 0 bridgehead atoms. The van der Waals surface area contributed by atoms with Crippen LogP contribution < -0.4 is 5.32 Å². The predicted molar refractivity (Wildman–Crippen MR) is 174 cm³/mol. The van der Waals surface area contributed by atoms with Crippen LogP contribution in [0.1, 0.15) is 92.7 Å². The molecule has 0 spiro atoms. The van der Waals surface area contributed by atoms with Gasteiger partial charge in [-0.05, 0) is 89.6 Å². The number of anilines is 1. The van der Waals surface area contributed by atoms with Gasteiger partial charge in [0.2, 0.25) is 0 Å². The molecule has 4 aromatic rings. The van der Waals surface area contributed by atoms with Gasteiger partial charge in [0.15, 0.2) is 0 Å². The summed E-state index contributed by atoms with van der Waals surface area (Å²) in [6.45, 7) is 10.7. The molecule has 230 valence electrons. The molecule has 3 aromatic carbocycles. The molecule has 0 radical (unpaired) electrons. The standard InChI is InChI=1S/C38H41F3N2O/c1-5-13-25(6-2)31-17-12-11-16-30(31)24(4)42-36-22-29(27-14-9-8-10-15-27)21-35(43-36)33-23-32-28(20-34(33)38(39,40)41)19-18-26(7-3)37(32)44/h8-12,14-17,20-23,25-26,37,44H,4-7,13,18-19H2,1-3H3,(H,42,43). The van der Waals surface area contributed by atoms with Crippen molar-refractivity contribution < 1.29 is 18.3 Å². The second-order valence-electron chi connectivity index (χ2n) is 11.8. The Morgan fingerprint density at radius 2 is 1.70 bits per heavy atom. The van der Waals surface area contributed by atoms with E-state index in [9.17, 15) is 18.3 Å². The summed E-state index contributed by atoms with van der Waals surface area (Å²) in [4.78, 5) is 4.76. The molecule has 3 nitrogen and oxygen atoms in total. The number of nitrogens with one attached hydrogen (secondary N) is 1. The highest BCUT2D eigenvalue weighted by Crippen LogP contribution is 2.44. The number of nitrogens with zero attached hydrogens (tertiary/aromatic N) is 1. The van der Waals surface area contributed by atoms with Gasteiger partial charge in [0.1, 0.15) is 5.82 Å². The molecule has 1 aliphatic rings. The zero-order valence-corrected chi connectivity index (χ0v) is 25.7. The summed E-state index contributed by atoms with van der Waals surface area (Å²) in [5, 5.41) is 14.5.